The summed E-state index contributed by atoms with van der Waals surface area (Å²) in [5.74, 6) is -0.271. The normalized spacial score (nSPS) is 9.88. The zero-order valence-corrected chi connectivity index (χ0v) is 10.9. The van der Waals surface area contributed by atoms with Gasteiger partial charge in [-0.15, -0.1) is 0 Å². The first-order valence-electron chi connectivity index (χ1n) is 5.76. The summed E-state index contributed by atoms with van der Waals surface area (Å²) >= 11 is 0. The topological polar surface area (TPSA) is 41.6 Å². The largest absolute Gasteiger partial charge is 0.462 e. The highest BCUT2D eigenvalue weighted by molar-refractivity contribution is 5.97. The molecule has 0 bridgehead atoms. The molecule has 1 aromatic rings. The zero-order chi connectivity index (χ0) is 12.8. The van der Waals surface area contributed by atoms with Gasteiger partial charge in [0.2, 0.25) is 0 Å². The van der Waals surface area contributed by atoms with E-state index in [0.717, 1.165) is 17.8 Å². The van der Waals surface area contributed by atoms with Gasteiger partial charge in [0, 0.05) is 26.8 Å². The molecule has 0 saturated heterocycles. The number of rotatable bonds is 5. The van der Waals surface area contributed by atoms with E-state index >= 15 is 0 Å². The Hall–Kier alpha value is -1.71. The predicted octanol–water partition coefficient (Wildman–Crippen LogP) is 2.36. The SMILES string of the molecule is CCCOC(=O)c1cc(NC)ccc1N(C)C. The maximum Gasteiger partial charge on any atom is 0.340 e. The first-order chi connectivity index (χ1) is 8.10. The van der Waals surface area contributed by atoms with Crippen LogP contribution in [0.4, 0.5) is 11.4 Å². The van der Waals surface area contributed by atoms with E-state index in [1.807, 2.05) is 51.2 Å². The van der Waals surface area contributed by atoms with Gasteiger partial charge in [0.15, 0.2) is 0 Å². The molecule has 0 aliphatic rings. The Labute approximate surface area is 103 Å². The number of hydrogen-bond acceptors (Lipinski definition) is 4. The second-order valence-electron chi connectivity index (χ2n) is 4.01. The quantitative estimate of drug-likeness (QED) is 0.797. The van der Waals surface area contributed by atoms with E-state index in [2.05, 4.69) is 5.32 Å². The van der Waals surface area contributed by atoms with Crippen molar-refractivity contribution in [3.8, 4) is 0 Å². The van der Waals surface area contributed by atoms with E-state index in [9.17, 15) is 4.79 Å². The minimum Gasteiger partial charge on any atom is -0.462 e. The van der Waals surface area contributed by atoms with Crippen molar-refractivity contribution in [2.75, 3.05) is 38.0 Å². The van der Waals surface area contributed by atoms with Gasteiger partial charge in [0.1, 0.15) is 0 Å². The van der Waals surface area contributed by atoms with Crippen molar-refractivity contribution in [1.29, 1.82) is 0 Å². The molecular weight excluding hydrogens is 216 g/mol. The highest BCUT2D eigenvalue weighted by atomic mass is 16.5. The fraction of sp³-hybridized carbons (Fsp3) is 0.462. The number of nitrogens with zero attached hydrogens (tertiary/aromatic N) is 1. The van der Waals surface area contributed by atoms with Crippen LogP contribution in [0.3, 0.4) is 0 Å². The van der Waals surface area contributed by atoms with Crippen LogP contribution in [-0.2, 0) is 4.74 Å². The minimum atomic E-state index is -0.271. The van der Waals surface area contributed by atoms with Crippen LogP contribution in [-0.4, -0.2) is 33.7 Å². The Morgan fingerprint density at radius 2 is 2.12 bits per heavy atom. The van der Waals surface area contributed by atoms with Crippen LogP contribution in [0.25, 0.3) is 0 Å². The van der Waals surface area contributed by atoms with E-state index in [0.29, 0.717) is 12.2 Å². The first kappa shape index (κ1) is 13.4. The van der Waals surface area contributed by atoms with E-state index in [1.165, 1.54) is 0 Å². The molecule has 4 nitrogen and oxygen atoms in total. The fourth-order valence-corrected chi connectivity index (χ4v) is 1.52. The second kappa shape index (κ2) is 6.13. The van der Waals surface area contributed by atoms with E-state index in [4.69, 9.17) is 4.74 Å². The molecule has 17 heavy (non-hydrogen) atoms. The van der Waals surface area contributed by atoms with E-state index in [-0.39, 0.29) is 5.97 Å². The fourth-order valence-electron chi connectivity index (χ4n) is 1.52. The molecule has 0 heterocycles. The van der Waals surface area contributed by atoms with Crippen LogP contribution < -0.4 is 10.2 Å². The van der Waals surface area contributed by atoms with Crippen molar-refractivity contribution >= 4 is 17.3 Å². The van der Waals surface area contributed by atoms with Gasteiger partial charge in [-0.05, 0) is 24.6 Å². The first-order valence-corrected chi connectivity index (χ1v) is 5.76. The van der Waals surface area contributed by atoms with Crippen molar-refractivity contribution in [3.05, 3.63) is 23.8 Å². The van der Waals surface area contributed by atoms with Gasteiger partial charge in [-0.2, -0.15) is 0 Å². The summed E-state index contributed by atoms with van der Waals surface area (Å²) in [4.78, 5) is 13.8. The van der Waals surface area contributed by atoms with Crippen molar-refractivity contribution < 1.29 is 9.53 Å². The molecule has 1 rings (SSSR count). The lowest BCUT2D eigenvalue weighted by Gasteiger charge is -2.17. The number of carbonyl (C=O) groups excluding carboxylic acids is 1. The number of ether oxygens (including phenoxy) is 1. The lowest BCUT2D eigenvalue weighted by molar-refractivity contribution is 0.0506. The average molecular weight is 236 g/mol. The summed E-state index contributed by atoms with van der Waals surface area (Å²) in [6, 6.07) is 5.66. The van der Waals surface area contributed by atoms with E-state index in [1.54, 1.807) is 0 Å². The third-order valence-corrected chi connectivity index (χ3v) is 2.42. The lowest BCUT2D eigenvalue weighted by Crippen LogP contribution is -2.16. The maximum absolute atomic E-state index is 11.9. The molecule has 94 valence electrons. The van der Waals surface area contributed by atoms with Crippen LogP contribution >= 0.6 is 0 Å². The Kier molecular flexibility index (Phi) is 4.82. The molecule has 0 saturated carbocycles. The molecule has 0 spiro atoms. The van der Waals surface area contributed by atoms with Crippen molar-refractivity contribution in [3.63, 3.8) is 0 Å². The van der Waals surface area contributed by atoms with Crippen molar-refractivity contribution in [2.45, 2.75) is 13.3 Å². The molecule has 0 unspecified atom stereocenters. The molecule has 4 heteroatoms. The summed E-state index contributed by atoms with van der Waals surface area (Å²) in [6.45, 7) is 2.43. The van der Waals surface area contributed by atoms with Gasteiger partial charge < -0.3 is 15.0 Å². The van der Waals surface area contributed by atoms with Gasteiger partial charge in [-0.3, -0.25) is 0 Å². The minimum absolute atomic E-state index is 0.271. The highest BCUT2D eigenvalue weighted by Crippen LogP contribution is 2.23. The summed E-state index contributed by atoms with van der Waals surface area (Å²) < 4.78 is 5.17. The number of hydrogen-bond donors (Lipinski definition) is 1. The molecular formula is C13H20N2O2. The van der Waals surface area contributed by atoms with Crippen LogP contribution in [0.2, 0.25) is 0 Å². The average Bonchev–Trinajstić information content (AvgIpc) is 2.34. The van der Waals surface area contributed by atoms with Gasteiger partial charge >= 0.3 is 5.97 Å². The lowest BCUT2D eigenvalue weighted by atomic mass is 10.1. The highest BCUT2D eigenvalue weighted by Gasteiger charge is 2.14. The zero-order valence-electron chi connectivity index (χ0n) is 10.9. The Morgan fingerprint density at radius 3 is 2.65 bits per heavy atom. The Balaban J connectivity index is 3.04. The third-order valence-electron chi connectivity index (χ3n) is 2.42. The third kappa shape index (κ3) is 3.37. The predicted molar refractivity (Wildman–Crippen MR) is 70.9 cm³/mol. The molecule has 0 fully saturated rings. The van der Waals surface area contributed by atoms with Crippen molar-refractivity contribution in [1.82, 2.24) is 0 Å². The van der Waals surface area contributed by atoms with Gasteiger partial charge in [-0.25, -0.2) is 4.79 Å². The molecule has 0 aliphatic carbocycles. The molecule has 0 amide bonds. The van der Waals surface area contributed by atoms with Gasteiger partial charge in [-0.1, -0.05) is 6.92 Å². The number of carbonyl (C=O) groups is 1. The number of esters is 1. The van der Waals surface area contributed by atoms with Crippen molar-refractivity contribution in [2.24, 2.45) is 0 Å². The molecule has 0 aromatic heterocycles. The monoisotopic (exact) mass is 236 g/mol. The Morgan fingerprint density at radius 1 is 1.41 bits per heavy atom. The summed E-state index contributed by atoms with van der Waals surface area (Å²) in [5, 5.41) is 3.02. The number of anilines is 2. The summed E-state index contributed by atoms with van der Waals surface area (Å²) in [5.41, 5.74) is 2.36. The second-order valence-corrected chi connectivity index (χ2v) is 4.01. The van der Waals surface area contributed by atoms with E-state index < -0.39 is 0 Å². The smallest absolute Gasteiger partial charge is 0.340 e. The Bertz CT molecular complexity index is 389. The maximum atomic E-state index is 11.9. The van der Waals surface area contributed by atoms with Crippen LogP contribution in [0, 0.1) is 0 Å². The summed E-state index contributed by atoms with van der Waals surface area (Å²) in [6.07, 6.45) is 0.828. The number of nitrogens with one attached hydrogen (secondary N) is 1. The standard InChI is InChI=1S/C13H20N2O2/c1-5-8-17-13(16)11-9-10(14-2)6-7-12(11)15(3)4/h6-7,9,14H,5,8H2,1-4H3. The molecule has 0 radical (unpaired) electrons. The van der Waals surface area contributed by atoms with Gasteiger partial charge in [0.25, 0.3) is 0 Å². The van der Waals surface area contributed by atoms with Gasteiger partial charge in [0.05, 0.1) is 17.9 Å². The van der Waals surface area contributed by atoms with Crippen LogP contribution in [0.5, 0.6) is 0 Å². The molecule has 1 aromatic carbocycles. The summed E-state index contributed by atoms with van der Waals surface area (Å²) in [7, 11) is 5.64. The van der Waals surface area contributed by atoms with Crippen LogP contribution in [0.1, 0.15) is 23.7 Å². The molecule has 0 atom stereocenters. The number of benzene rings is 1. The van der Waals surface area contributed by atoms with Crippen LogP contribution in [0.15, 0.2) is 18.2 Å². The molecule has 0 aliphatic heterocycles. The molecule has 1 N–H and O–H groups in total.